The number of hydrogen-bond acceptors (Lipinski definition) is 4. The first kappa shape index (κ1) is 19.5. The highest BCUT2D eigenvalue weighted by Gasteiger charge is 2.71. The highest BCUT2D eigenvalue weighted by Crippen LogP contribution is 2.73. The van der Waals surface area contributed by atoms with Crippen LogP contribution in [-0.2, 0) is 19.1 Å². The monoisotopic (exact) mass is 398 g/mol. The lowest BCUT2D eigenvalue weighted by Gasteiger charge is -2.60. The maximum absolute atomic E-state index is 12.9. The molecule has 0 aliphatic heterocycles. The van der Waals surface area contributed by atoms with E-state index in [0.717, 1.165) is 32.1 Å². The van der Waals surface area contributed by atoms with Crippen molar-refractivity contribution < 1.29 is 19.1 Å². The molecule has 158 valence electrons. The summed E-state index contributed by atoms with van der Waals surface area (Å²) < 4.78 is 5.87. The Hall–Kier alpha value is -1.45. The third-order valence-corrected chi connectivity index (χ3v) is 10.2. The molecule has 5 aliphatic carbocycles. The fourth-order valence-electron chi connectivity index (χ4n) is 8.92. The predicted molar refractivity (Wildman–Crippen MR) is 109 cm³/mol. The van der Waals surface area contributed by atoms with Crippen molar-refractivity contribution in [3.63, 3.8) is 0 Å². The van der Waals surface area contributed by atoms with E-state index in [9.17, 15) is 14.4 Å². The topological polar surface area (TPSA) is 60.4 Å². The van der Waals surface area contributed by atoms with E-state index in [1.165, 1.54) is 12.5 Å². The number of hydrogen-bond donors (Lipinski definition) is 0. The summed E-state index contributed by atoms with van der Waals surface area (Å²) in [4.78, 5) is 37.3. The molecular formula is C25H34O4. The van der Waals surface area contributed by atoms with Crippen molar-refractivity contribution in [1.82, 2.24) is 0 Å². The molecule has 0 aromatic rings. The summed E-state index contributed by atoms with van der Waals surface area (Å²) >= 11 is 0. The maximum Gasteiger partial charge on any atom is 0.303 e. The fraction of sp³-hybridized carbons (Fsp3) is 0.800. The molecule has 0 radical (unpaired) electrons. The standard InChI is InChI=1S/C25H34O4/c1-13-10-16-18-7-9-25(14(2)26,29-15(3)27)23(18,4)8-6-19(16)24(5)20(13)12-22(28)17-11-21(17)24/h12-13,16-19,21H,6-11H2,1-5H3/t13-,16-,17+,18-,19-,21-,23-,24+,25-/m0/s1. The molecule has 0 bridgehead atoms. The zero-order valence-corrected chi connectivity index (χ0v) is 18.4. The van der Waals surface area contributed by atoms with Crippen LogP contribution in [0.15, 0.2) is 11.6 Å². The molecule has 4 saturated carbocycles. The van der Waals surface area contributed by atoms with Crippen LogP contribution in [-0.4, -0.2) is 23.1 Å². The van der Waals surface area contributed by atoms with Gasteiger partial charge in [0.15, 0.2) is 17.2 Å². The number of ketones is 2. The molecule has 9 atom stereocenters. The first-order valence-electron chi connectivity index (χ1n) is 11.5. The van der Waals surface area contributed by atoms with E-state index in [1.54, 1.807) is 6.92 Å². The molecule has 0 aromatic carbocycles. The van der Waals surface area contributed by atoms with E-state index in [-0.39, 0.29) is 28.5 Å². The Morgan fingerprint density at radius 1 is 1.03 bits per heavy atom. The Balaban J connectivity index is 1.55. The lowest BCUT2D eigenvalue weighted by atomic mass is 9.44. The molecule has 0 heterocycles. The second kappa shape index (κ2) is 5.82. The van der Waals surface area contributed by atoms with Crippen molar-refractivity contribution in [2.24, 2.45) is 46.3 Å². The van der Waals surface area contributed by atoms with Crippen LogP contribution in [0.2, 0.25) is 0 Å². The van der Waals surface area contributed by atoms with Crippen LogP contribution < -0.4 is 0 Å². The Morgan fingerprint density at radius 3 is 2.38 bits per heavy atom. The Labute approximate surface area is 173 Å². The van der Waals surface area contributed by atoms with Crippen LogP contribution in [0, 0.1) is 46.3 Å². The minimum Gasteiger partial charge on any atom is -0.451 e. The summed E-state index contributed by atoms with van der Waals surface area (Å²) in [6.45, 7) is 9.98. The maximum atomic E-state index is 12.9. The van der Waals surface area contributed by atoms with Gasteiger partial charge in [-0.25, -0.2) is 0 Å². The van der Waals surface area contributed by atoms with E-state index in [0.29, 0.717) is 41.8 Å². The van der Waals surface area contributed by atoms with E-state index >= 15 is 0 Å². The van der Waals surface area contributed by atoms with Gasteiger partial charge in [0.05, 0.1) is 0 Å². The van der Waals surface area contributed by atoms with Gasteiger partial charge >= 0.3 is 5.97 Å². The summed E-state index contributed by atoms with van der Waals surface area (Å²) in [7, 11) is 0. The van der Waals surface area contributed by atoms with Gasteiger partial charge in [0.25, 0.3) is 0 Å². The van der Waals surface area contributed by atoms with Gasteiger partial charge in [-0.15, -0.1) is 0 Å². The highest BCUT2D eigenvalue weighted by atomic mass is 16.6. The normalized spacial score (nSPS) is 52.4. The van der Waals surface area contributed by atoms with Crippen LogP contribution >= 0.6 is 0 Å². The van der Waals surface area contributed by atoms with Crippen molar-refractivity contribution in [3.05, 3.63) is 11.6 Å². The van der Waals surface area contributed by atoms with Crippen LogP contribution in [0.1, 0.15) is 73.1 Å². The third-order valence-electron chi connectivity index (χ3n) is 10.2. The Morgan fingerprint density at radius 2 is 1.72 bits per heavy atom. The molecule has 4 heteroatoms. The fourth-order valence-corrected chi connectivity index (χ4v) is 8.92. The zero-order valence-electron chi connectivity index (χ0n) is 18.4. The largest absolute Gasteiger partial charge is 0.451 e. The minimum atomic E-state index is -0.959. The molecule has 4 fully saturated rings. The molecule has 29 heavy (non-hydrogen) atoms. The van der Waals surface area contributed by atoms with E-state index in [4.69, 9.17) is 4.74 Å². The van der Waals surface area contributed by atoms with Gasteiger partial charge in [-0.05, 0) is 86.5 Å². The molecule has 0 amide bonds. The third kappa shape index (κ3) is 2.24. The molecule has 0 aromatic heterocycles. The second-order valence-corrected chi connectivity index (χ2v) is 11.2. The van der Waals surface area contributed by atoms with Crippen molar-refractivity contribution >= 4 is 17.5 Å². The Kier molecular flexibility index (Phi) is 3.92. The SMILES string of the molecule is CC(=O)O[C@]1(C(C)=O)CC[C@H]2[C@@H]3C[C@H](C)C4=CC(=O)[C@@H]5C[C@@H]5[C@]4(C)[C@H]3CC[C@@]21C. The van der Waals surface area contributed by atoms with Gasteiger partial charge in [0, 0.05) is 18.3 Å². The second-order valence-electron chi connectivity index (χ2n) is 11.2. The summed E-state index contributed by atoms with van der Waals surface area (Å²) in [6, 6.07) is 0. The van der Waals surface area contributed by atoms with Gasteiger partial charge in [-0.1, -0.05) is 26.3 Å². The van der Waals surface area contributed by atoms with Crippen LogP contribution in [0.3, 0.4) is 0 Å². The van der Waals surface area contributed by atoms with E-state index in [1.807, 2.05) is 6.08 Å². The number of carbonyl (C=O) groups is 3. The van der Waals surface area contributed by atoms with Crippen molar-refractivity contribution in [2.45, 2.75) is 78.7 Å². The molecule has 5 aliphatic rings. The zero-order chi connectivity index (χ0) is 20.9. The number of allylic oxidation sites excluding steroid dienone is 1. The van der Waals surface area contributed by atoms with Crippen molar-refractivity contribution in [2.75, 3.05) is 0 Å². The lowest BCUT2D eigenvalue weighted by Crippen LogP contribution is -2.59. The summed E-state index contributed by atoms with van der Waals surface area (Å²) in [5.41, 5.74) is 0.294. The average Bonchev–Trinajstić information content (AvgIpc) is 3.39. The van der Waals surface area contributed by atoms with Crippen LogP contribution in [0.25, 0.3) is 0 Å². The molecule has 0 saturated heterocycles. The predicted octanol–water partition coefficient (Wildman–Crippen LogP) is 4.51. The highest BCUT2D eigenvalue weighted by molar-refractivity contribution is 5.96. The smallest absolute Gasteiger partial charge is 0.303 e. The molecule has 0 spiro atoms. The molecule has 0 unspecified atom stereocenters. The molecular weight excluding hydrogens is 364 g/mol. The molecule has 0 N–H and O–H groups in total. The quantitative estimate of drug-likeness (QED) is 0.642. The van der Waals surface area contributed by atoms with Gasteiger partial charge in [0.1, 0.15) is 0 Å². The van der Waals surface area contributed by atoms with E-state index < -0.39 is 5.60 Å². The first-order valence-corrected chi connectivity index (χ1v) is 11.5. The number of fused-ring (bicyclic) bond motifs is 7. The molecule has 4 nitrogen and oxygen atoms in total. The van der Waals surface area contributed by atoms with Crippen molar-refractivity contribution in [1.29, 1.82) is 0 Å². The minimum absolute atomic E-state index is 0.0114. The van der Waals surface area contributed by atoms with Crippen molar-refractivity contribution in [3.8, 4) is 0 Å². The van der Waals surface area contributed by atoms with E-state index in [2.05, 4.69) is 20.8 Å². The number of ether oxygens (including phenoxy) is 1. The number of esters is 1. The van der Waals surface area contributed by atoms with Crippen LogP contribution in [0.5, 0.6) is 0 Å². The lowest BCUT2D eigenvalue weighted by molar-refractivity contribution is -0.188. The number of carbonyl (C=O) groups excluding carboxylic acids is 3. The van der Waals surface area contributed by atoms with Gasteiger partial charge in [0.2, 0.25) is 0 Å². The summed E-state index contributed by atoms with van der Waals surface area (Å²) in [5.74, 6) is 2.73. The summed E-state index contributed by atoms with van der Waals surface area (Å²) in [6.07, 6.45) is 7.75. The number of Topliss-reactive ketones (excluding diaryl/α,β-unsaturated/α-hetero) is 1. The molecule has 5 rings (SSSR count). The van der Waals surface area contributed by atoms with Gasteiger partial charge in [-0.3, -0.25) is 14.4 Å². The first-order chi connectivity index (χ1) is 13.6. The summed E-state index contributed by atoms with van der Waals surface area (Å²) in [5, 5.41) is 0. The Bertz CT molecular complexity index is 842. The average molecular weight is 399 g/mol. The van der Waals surface area contributed by atoms with Crippen LogP contribution in [0.4, 0.5) is 0 Å². The van der Waals surface area contributed by atoms with Gasteiger partial charge < -0.3 is 4.74 Å². The number of rotatable bonds is 2. The van der Waals surface area contributed by atoms with Gasteiger partial charge in [-0.2, -0.15) is 0 Å².